The molecule has 4 nitrogen and oxygen atoms in total. The Labute approximate surface area is 161 Å². The molecule has 0 spiro atoms. The minimum Gasteiger partial charge on any atom is -0.336 e. The van der Waals surface area contributed by atoms with Crippen LogP contribution in [0.5, 0.6) is 0 Å². The van der Waals surface area contributed by atoms with Crippen molar-refractivity contribution in [2.24, 2.45) is 0 Å². The second-order valence-electron chi connectivity index (χ2n) is 6.61. The van der Waals surface area contributed by atoms with E-state index in [9.17, 15) is 4.79 Å². The van der Waals surface area contributed by atoms with Crippen LogP contribution < -0.4 is 0 Å². The molecule has 1 aromatic heterocycles. The van der Waals surface area contributed by atoms with Crippen molar-refractivity contribution >= 4 is 32.7 Å². The maximum absolute atomic E-state index is 12.8. The van der Waals surface area contributed by atoms with Gasteiger partial charge in [0.2, 0.25) is 0 Å². The molecular weight excluding hydrogens is 390 g/mol. The highest BCUT2D eigenvalue weighted by Gasteiger charge is 2.22. The molecule has 0 aliphatic carbocycles. The van der Waals surface area contributed by atoms with Crippen molar-refractivity contribution < 1.29 is 4.79 Å². The Bertz CT molecular complexity index is 918. The van der Waals surface area contributed by atoms with Crippen molar-refractivity contribution in [1.29, 1.82) is 0 Å². The van der Waals surface area contributed by atoms with E-state index in [0.29, 0.717) is 5.56 Å². The molecule has 0 bridgehead atoms. The van der Waals surface area contributed by atoms with Crippen LogP contribution in [0.1, 0.15) is 15.9 Å². The van der Waals surface area contributed by atoms with Gasteiger partial charge in [-0.1, -0.05) is 46.3 Å². The van der Waals surface area contributed by atoms with E-state index >= 15 is 0 Å². The van der Waals surface area contributed by atoms with E-state index in [4.69, 9.17) is 0 Å². The number of piperazine rings is 1. The Balaban J connectivity index is 1.38. The van der Waals surface area contributed by atoms with Crippen molar-refractivity contribution in [3.8, 4) is 0 Å². The van der Waals surface area contributed by atoms with E-state index in [1.165, 1.54) is 5.56 Å². The lowest BCUT2D eigenvalue weighted by Crippen LogP contribution is -2.48. The van der Waals surface area contributed by atoms with Crippen molar-refractivity contribution in [3.05, 3.63) is 76.4 Å². The highest BCUT2D eigenvalue weighted by Crippen LogP contribution is 2.17. The van der Waals surface area contributed by atoms with Crippen molar-refractivity contribution in [3.63, 3.8) is 0 Å². The number of fused-ring (bicyclic) bond motifs is 1. The standard InChI is InChI=1S/C21H20BrN3O/c22-19-7-5-16(6-8-19)15-24-9-11-25(12-10-24)21(26)18-13-17-3-1-2-4-20(17)23-14-18/h1-8,13-14H,9-12,15H2. The molecule has 0 unspecified atom stereocenters. The second kappa shape index (κ2) is 7.56. The number of carbonyl (C=O) groups excluding carboxylic acids is 1. The number of pyridine rings is 1. The highest BCUT2D eigenvalue weighted by molar-refractivity contribution is 9.10. The molecule has 2 aromatic carbocycles. The minimum absolute atomic E-state index is 0.0755. The molecule has 1 aliphatic heterocycles. The smallest absolute Gasteiger partial charge is 0.255 e. The third kappa shape index (κ3) is 3.79. The first kappa shape index (κ1) is 17.2. The summed E-state index contributed by atoms with van der Waals surface area (Å²) >= 11 is 3.47. The quantitative estimate of drug-likeness (QED) is 0.656. The molecule has 2 heterocycles. The summed E-state index contributed by atoms with van der Waals surface area (Å²) in [6.45, 7) is 4.21. The first-order valence-corrected chi connectivity index (χ1v) is 9.59. The number of para-hydroxylation sites is 1. The molecule has 1 aliphatic rings. The average Bonchev–Trinajstić information content (AvgIpc) is 2.69. The fourth-order valence-electron chi connectivity index (χ4n) is 3.33. The summed E-state index contributed by atoms with van der Waals surface area (Å²) in [7, 11) is 0. The van der Waals surface area contributed by atoms with Crippen LogP contribution in [0.3, 0.4) is 0 Å². The topological polar surface area (TPSA) is 36.4 Å². The van der Waals surface area contributed by atoms with Gasteiger partial charge >= 0.3 is 0 Å². The number of amides is 1. The number of hydrogen-bond acceptors (Lipinski definition) is 3. The van der Waals surface area contributed by atoms with E-state index in [-0.39, 0.29) is 5.91 Å². The zero-order valence-electron chi connectivity index (χ0n) is 14.4. The van der Waals surface area contributed by atoms with Crippen LogP contribution in [0.4, 0.5) is 0 Å². The van der Waals surface area contributed by atoms with Crippen molar-refractivity contribution in [2.75, 3.05) is 26.2 Å². The third-order valence-electron chi connectivity index (χ3n) is 4.82. The van der Waals surface area contributed by atoms with Crippen LogP contribution in [-0.4, -0.2) is 46.9 Å². The fourth-order valence-corrected chi connectivity index (χ4v) is 3.59. The largest absolute Gasteiger partial charge is 0.336 e. The van der Waals surface area contributed by atoms with Gasteiger partial charge in [0.15, 0.2) is 0 Å². The van der Waals surface area contributed by atoms with Crippen LogP contribution in [0.25, 0.3) is 10.9 Å². The molecule has 0 N–H and O–H groups in total. The molecule has 132 valence electrons. The van der Waals surface area contributed by atoms with E-state index < -0.39 is 0 Å². The highest BCUT2D eigenvalue weighted by atomic mass is 79.9. The number of carbonyl (C=O) groups is 1. The molecule has 1 fully saturated rings. The number of benzene rings is 2. The lowest BCUT2D eigenvalue weighted by atomic mass is 10.1. The second-order valence-corrected chi connectivity index (χ2v) is 7.53. The summed E-state index contributed by atoms with van der Waals surface area (Å²) in [4.78, 5) is 21.6. The summed E-state index contributed by atoms with van der Waals surface area (Å²) in [5.74, 6) is 0.0755. The average molecular weight is 410 g/mol. The zero-order chi connectivity index (χ0) is 17.9. The number of aromatic nitrogens is 1. The summed E-state index contributed by atoms with van der Waals surface area (Å²) in [5.41, 5.74) is 2.89. The van der Waals surface area contributed by atoms with Gasteiger partial charge in [-0.05, 0) is 29.8 Å². The van der Waals surface area contributed by atoms with Gasteiger partial charge in [-0.2, -0.15) is 0 Å². The van der Waals surface area contributed by atoms with Gasteiger partial charge in [-0.25, -0.2) is 0 Å². The van der Waals surface area contributed by atoms with E-state index in [2.05, 4.69) is 50.1 Å². The summed E-state index contributed by atoms with van der Waals surface area (Å²) < 4.78 is 1.10. The molecule has 0 saturated carbocycles. The lowest BCUT2D eigenvalue weighted by Gasteiger charge is -2.34. The van der Waals surface area contributed by atoms with Crippen LogP contribution in [0.15, 0.2) is 65.3 Å². The molecule has 3 aromatic rings. The van der Waals surface area contributed by atoms with Crippen molar-refractivity contribution in [1.82, 2.24) is 14.8 Å². The minimum atomic E-state index is 0.0755. The van der Waals surface area contributed by atoms with Gasteiger partial charge in [0, 0.05) is 48.8 Å². The Morgan fingerprint density at radius 2 is 1.73 bits per heavy atom. The van der Waals surface area contributed by atoms with Gasteiger partial charge in [0.1, 0.15) is 0 Å². The molecule has 26 heavy (non-hydrogen) atoms. The first-order chi connectivity index (χ1) is 12.7. The maximum Gasteiger partial charge on any atom is 0.255 e. The Hall–Kier alpha value is -2.24. The van der Waals surface area contributed by atoms with Gasteiger partial charge in [-0.3, -0.25) is 14.7 Å². The molecular formula is C21H20BrN3O. The van der Waals surface area contributed by atoms with E-state index in [1.54, 1.807) is 6.20 Å². The number of hydrogen-bond donors (Lipinski definition) is 0. The van der Waals surface area contributed by atoms with E-state index in [1.807, 2.05) is 35.2 Å². The zero-order valence-corrected chi connectivity index (χ0v) is 16.0. The number of rotatable bonds is 3. The van der Waals surface area contributed by atoms with Crippen LogP contribution >= 0.6 is 15.9 Å². The van der Waals surface area contributed by atoms with Gasteiger partial charge < -0.3 is 4.90 Å². The van der Waals surface area contributed by atoms with Gasteiger partial charge in [-0.15, -0.1) is 0 Å². The van der Waals surface area contributed by atoms with Gasteiger partial charge in [0.05, 0.1) is 11.1 Å². The summed E-state index contributed by atoms with van der Waals surface area (Å²) in [6, 6.07) is 18.3. The summed E-state index contributed by atoms with van der Waals surface area (Å²) in [5, 5.41) is 1.01. The number of halogens is 1. The molecule has 5 heteroatoms. The maximum atomic E-state index is 12.8. The monoisotopic (exact) mass is 409 g/mol. The lowest BCUT2D eigenvalue weighted by molar-refractivity contribution is 0.0628. The normalized spacial score (nSPS) is 15.3. The van der Waals surface area contributed by atoms with Gasteiger partial charge in [0.25, 0.3) is 5.91 Å². The molecule has 0 radical (unpaired) electrons. The molecule has 1 amide bonds. The predicted octanol–water partition coefficient (Wildman–Crippen LogP) is 3.96. The third-order valence-corrected chi connectivity index (χ3v) is 5.35. The Kier molecular flexibility index (Phi) is 5.00. The van der Waals surface area contributed by atoms with E-state index in [0.717, 1.165) is 48.1 Å². The Morgan fingerprint density at radius 3 is 2.50 bits per heavy atom. The summed E-state index contributed by atoms with van der Waals surface area (Å²) in [6.07, 6.45) is 1.69. The van der Waals surface area contributed by atoms with Crippen LogP contribution in [0, 0.1) is 0 Å². The van der Waals surface area contributed by atoms with Crippen LogP contribution in [-0.2, 0) is 6.54 Å². The predicted molar refractivity (Wildman–Crippen MR) is 107 cm³/mol. The first-order valence-electron chi connectivity index (χ1n) is 8.80. The van der Waals surface area contributed by atoms with Crippen molar-refractivity contribution in [2.45, 2.75) is 6.54 Å². The molecule has 0 atom stereocenters. The molecule has 4 rings (SSSR count). The molecule has 1 saturated heterocycles. The number of nitrogens with zero attached hydrogens (tertiary/aromatic N) is 3. The fraction of sp³-hybridized carbons (Fsp3) is 0.238. The van der Waals surface area contributed by atoms with Crippen LogP contribution in [0.2, 0.25) is 0 Å². The Morgan fingerprint density at radius 1 is 1.00 bits per heavy atom. The SMILES string of the molecule is O=C(c1cnc2ccccc2c1)N1CCN(Cc2ccc(Br)cc2)CC1.